The Morgan fingerprint density at radius 2 is 2.06 bits per heavy atom. The standard InChI is InChI=1S/C14H14FNO2/c1-10-6-7-11(18-10)8-9-16-14(17)12-4-2-3-5-13(12)15/h2-7H,8-9H2,1H3,(H,16,17). The first-order valence-corrected chi connectivity index (χ1v) is 5.75. The topological polar surface area (TPSA) is 42.2 Å². The van der Waals surface area contributed by atoms with Crippen LogP contribution in [0.4, 0.5) is 4.39 Å². The number of hydrogen-bond acceptors (Lipinski definition) is 2. The summed E-state index contributed by atoms with van der Waals surface area (Å²) in [6.45, 7) is 2.28. The van der Waals surface area contributed by atoms with E-state index in [1.54, 1.807) is 12.1 Å². The molecule has 0 bridgehead atoms. The fourth-order valence-electron chi connectivity index (χ4n) is 1.66. The molecule has 2 rings (SSSR count). The summed E-state index contributed by atoms with van der Waals surface area (Å²) in [4.78, 5) is 11.7. The Morgan fingerprint density at radius 1 is 1.28 bits per heavy atom. The predicted molar refractivity (Wildman–Crippen MR) is 65.9 cm³/mol. The summed E-state index contributed by atoms with van der Waals surface area (Å²) in [6.07, 6.45) is 0.591. The molecule has 0 atom stereocenters. The zero-order chi connectivity index (χ0) is 13.0. The van der Waals surface area contributed by atoms with Crippen molar-refractivity contribution in [2.45, 2.75) is 13.3 Å². The molecule has 1 heterocycles. The van der Waals surface area contributed by atoms with Crippen LogP contribution in [0.2, 0.25) is 0 Å². The van der Waals surface area contributed by atoms with Gasteiger partial charge >= 0.3 is 0 Å². The summed E-state index contributed by atoms with van der Waals surface area (Å²) in [5.41, 5.74) is 0.0631. The van der Waals surface area contributed by atoms with Gasteiger partial charge in [0.2, 0.25) is 0 Å². The number of halogens is 1. The number of nitrogens with one attached hydrogen (secondary N) is 1. The van der Waals surface area contributed by atoms with E-state index < -0.39 is 11.7 Å². The lowest BCUT2D eigenvalue weighted by Crippen LogP contribution is -2.26. The third kappa shape index (κ3) is 2.97. The van der Waals surface area contributed by atoms with Crippen LogP contribution in [-0.4, -0.2) is 12.5 Å². The Kier molecular flexibility index (Phi) is 3.77. The SMILES string of the molecule is Cc1ccc(CCNC(=O)c2ccccc2F)o1. The number of carbonyl (C=O) groups excluding carboxylic acids is 1. The second kappa shape index (κ2) is 5.49. The molecule has 0 saturated carbocycles. The van der Waals surface area contributed by atoms with Crippen LogP contribution in [0.3, 0.4) is 0 Å². The minimum absolute atomic E-state index is 0.0631. The molecule has 0 aliphatic heterocycles. The summed E-state index contributed by atoms with van der Waals surface area (Å²) in [6, 6.07) is 9.65. The molecule has 0 aliphatic carbocycles. The van der Waals surface area contributed by atoms with E-state index in [0.717, 1.165) is 11.5 Å². The summed E-state index contributed by atoms with van der Waals surface area (Å²) in [7, 11) is 0. The molecule has 0 aliphatic rings. The van der Waals surface area contributed by atoms with Gasteiger partial charge < -0.3 is 9.73 Å². The number of carbonyl (C=O) groups is 1. The fourth-order valence-corrected chi connectivity index (χ4v) is 1.66. The highest BCUT2D eigenvalue weighted by atomic mass is 19.1. The van der Waals surface area contributed by atoms with Crippen molar-refractivity contribution >= 4 is 5.91 Å². The summed E-state index contributed by atoms with van der Waals surface area (Å²) < 4.78 is 18.7. The monoisotopic (exact) mass is 247 g/mol. The van der Waals surface area contributed by atoms with Crippen molar-refractivity contribution in [3.8, 4) is 0 Å². The average Bonchev–Trinajstić information content (AvgIpc) is 2.75. The molecular weight excluding hydrogens is 233 g/mol. The van der Waals surface area contributed by atoms with Crippen LogP contribution < -0.4 is 5.32 Å². The lowest BCUT2D eigenvalue weighted by Gasteiger charge is -2.04. The Labute approximate surface area is 105 Å². The van der Waals surface area contributed by atoms with Crippen LogP contribution in [0.1, 0.15) is 21.9 Å². The number of benzene rings is 1. The number of hydrogen-bond donors (Lipinski definition) is 1. The molecule has 18 heavy (non-hydrogen) atoms. The predicted octanol–water partition coefficient (Wildman–Crippen LogP) is 2.70. The van der Waals surface area contributed by atoms with Crippen LogP contribution >= 0.6 is 0 Å². The van der Waals surface area contributed by atoms with E-state index in [-0.39, 0.29) is 5.56 Å². The first kappa shape index (κ1) is 12.4. The van der Waals surface area contributed by atoms with E-state index in [0.29, 0.717) is 13.0 Å². The third-order valence-electron chi connectivity index (χ3n) is 2.57. The van der Waals surface area contributed by atoms with Crippen molar-refractivity contribution < 1.29 is 13.6 Å². The minimum atomic E-state index is -0.510. The van der Waals surface area contributed by atoms with Crippen molar-refractivity contribution in [3.63, 3.8) is 0 Å². The molecule has 1 N–H and O–H groups in total. The first-order chi connectivity index (χ1) is 8.66. The van der Waals surface area contributed by atoms with Gasteiger partial charge in [-0.15, -0.1) is 0 Å². The molecule has 1 aromatic heterocycles. The highest BCUT2D eigenvalue weighted by molar-refractivity contribution is 5.94. The van der Waals surface area contributed by atoms with Gasteiger partial charge in [0.25, 0.3) is 5.91 Å². The molecular formula is C14H14FNO2. The van der Waals surface area contributed by atoms with Crippen LogP contribution in [0.5, 0.6) is 0 Å². The lowest BCUT2D eigenvalue weighted by atomic mass is 10.2. The Balaban J connectivity index is 1.87. The maximum Gasteiger partial charge on any atom is 0.254 e. The van der Waals surface area contributed by atoms with Crippen LogP contribution in [0.25, 0.3) is 0 Å². The van der Waals surface area contributed by atoms with Gasteiger partial charge in [-0.3, -0.25) is 4.79 Å². The largest absolute Gasteiger partial charge is 0.466 e. The van der Waals surface area contributed by atoms with E-state index in [1.165, 1.54) is 12.1 Å². The zero-order valence-electron chi connectivity index (χ0n) is 10.1. The highest BCUT2D eigenvalue weighted by Gasteiger charge is 2.10. The normalized spacial score (nSPS) is 10.3. The molecule has 94 valence electrons. The Bertz CT molecular complexity index is 548. The quantitative estimate of drug-likeness (QED) is 0.902. The van der Waals surface area contributed by atoms with E-state index in [2.05, 4.69) is 5.32 Å². The van der Waals surface area contributed by atoms with Gasteiger partial charge in [0.1, 0.15) is 17.3 Å². The molecule has 2 aromatic rings. The number of furan rings is 1. The van der Waals surface area contributed by atoms with Crippen LogP contribution in [0, 0.1) is 12.7 Å². The second-order valence-electron chi connectivity index (χ2n) is 4.00. The molecule has 1 amide bonds. The lowest BCUT2D eigenvalue weighted by molar-refractivity contribution is 0.0949. The Hall–Kier alpha value is -2.10. The van der Waals surface area contributed by atoms with Crippen LogP contribution in [-0.2, 0) is 6.42 Å². The summed E-state index contributed by atoms with van der Waals surface area (Å²) >= 11 is 0. The molecule has 0 saturated heterocycles. The summed E-state index contributed by atoms with van der Waals surface area (Å²) in [5, 5.41) is 2.66. The second-order valence-corrected chi connectivity index (χ2v) is 4.00. The molecule has 4 heteroatoms. The molecule has 0 spiro atoms. The van der Waals surface area contributed by atoms with Crippen molar-refractivity contribution in [1.29, 1.82) is 0 Å². The fraction of sp³-hybridized carbons (Fsp3) is 0.214. The molecule has 3 nitrogen and oxygen atoms in total. The molecule has 0 unspecified atom stereocenters. The van der Waals surface area contributed by atoms with E-state index >= 15 is 0 Å². The van der Waals surface area contributed by atoms with Gasteiger partial charge in [0.15, 0.2) is 0 Å². The first-order valence-electron chi connectivity index (χ1n) is 5.75. The van der Waals surface area contributed by atoms with E-state index in [9.17, 15) is 9.18 Å². The third-order valence-corrected chi connectivity index (χ3v) is 2.57. The number of amides is 1. The number of rotatable bonds is 4. The van der Waals surface area contributed by atoms with Gasteiger partial charge in [0.05, 0.1) is 5.56 Å². The Morgan fingerprint density at radius 3 is 2.72 bits per heavy atom. The van der Waals surface area contributed by atoms with Gasteiger partial charge in [-0.25, -0.2) is 4.39 Å². The molecule has 1 aromatic carbocycles. The maximum absolute atomic E-state index is 13.3. The molecule has 0 radical (unpaired) electrons. The van der Waals surface area contributed by atoms with Gasteiger partial charge in [-0.1, -0.05) is 12.1 Å². The smallest absolute Gasteiger partial charge is 0.254 e. The van der Waals surface area contributed by atoms with Gasteiger partial charge in [0, 0.05) is 13.0 Å². The molecule has 0 fully saturated rings. The van der Waals surface area contributed by atoms with E-state index in [4.69, 9.17) is 4.42 Å². The number of aryl methyl sites for hydroxylation is 1. The van der Waals surface area contributed by atoms with Crippen molar-refractivity contribution in [3.05, 3.63) is 59.3 Å². The zero-order valence-corrected chi connectivity index (χ0v) is 10.1. The minimum Gasteiger partial charge on any atom is -0.466 e. The van der Waals surface area contributed by atoms with Crippen molar-refractivity contribution in [2.75, 3.05) is 6.54 Å². The summed E-state index contributed by atoms with van der Waals surface area (Å²) in [5.74, 6) is 0.729. The highest BCUT2D eigenvalue weighted by Crippen LogP contribution is 2.07. The van der Waals surface area contributed by atoms with Gasteiger partial charge in [-0.2, -0.15) is 0 Å². The average molecular weight is 247 g/mol. The van der Waals surface area contributed by atoms with E-state index in [1.807, 2.05) is 19.1 Å². The van der Waals surface area contributed by atoms with Gasteiger partial charge in [-0.05, 0) is 31.2 Å². The van der Waals surface area contributed by atoms with Crippen molar-refractivity contribution in [2.24, 2.45) is 0 Å². The maximum atomic E-state index is 13.3. The van der Waals surface area contributed by atoms with Crippen LogP contribution in [0.15, 0.2) is 40.8 Å². The van der Waals surface area contributed by atoms with Crippen molar-refractivity contribution in [1.82, 2.24) is 5.32 Å².